The highest BCUT2D eigenvalue weighted by Crippen LogP contribution is 2.43. The van der Waals surface area contributed by atoms with Crippen LogP contribution in [0, 0.1) is 5.41 Å². The zero-order valence-electron chi connectivity index (χ0n) is 11.4. The Morgan fingerprint density at radius 3 is 2.45 bits per heavy atom. The van der Waals surface area contributed by atoms with Gasteiger partial charge in [-0.1, -0.05) is 0 Å². The molecule has 0 amide bonds. The molecule has 0 aliphatic heterocycles. The summed E-state index contributed by atoms with van der Waals surface area (Å²) >= 11 is 0. The van der Waals surface area contributed by atoms with Crippen molar-refractivity contribution in [1.82, 2.24) is 13.9 Å². The summed E-state index contributed by atoms with van der Waals surface area (Å²) in [6, 6.07) is 0. The van der Waals surface area contributed by atoms with Crippen LogP contribution in [0.1, 0.15) is 12.8 Å². The van der Waals surface area contributed by atoms with Crippen molar-refractivity contribution in [3.05, 3.63) is 27.0 Å². The van der Waals surface area contributed by atoms with Gasteiger partial charge in [-0.2, -0.15) is 0 Å². The summed E-state index contributed by atoms with van der Waals surface area (Å²) in [5.74, 6) is 0. The number of aromatic nitrogens is 2. The fourth-order valence-corrected chi connectivity index (χ4v) is 3.23. The van der Waals surface area contributed by atoms with Crippen LogP contribution in [-0.2, 0) is 24.1 Å². The van der Waals surface area contributed by atoms with Crippen molar-refractivity contribution in [3.63, 3.8) is 0 Å². The molecule has 0 aromatic carbocycles. The fraction of sp³-hybridized carbons (Fsp3) is 0.636. The van der Waals surface area contributed by atoms with Crippen LogP contribution < -0.4 is 21.7 Å². The van der Waals surface area contributed by atoms with E-state index in [1.54, 1.807) is 0 Å². The highest BCUT2D eigenvalue weighted by Gasteiger charge is 2.42. The molecule has 0 bridgehead atoms. The van der Waals surface area contributed by atoms with E-state index in [9.17, 15) is 18.0 Å². The van der Waals surface area contributed by atoms with Crippen molar-refractivity contribution in [3.8, 4) is 0 Å². The van der Waals surface area contributed by atoms with Gasteiger partial charge >= 0.3 is 5.69 Å². The monoisotopic (exact) mass is 302 g/mol. The molecule has 3 N–H and O–H groups in total. The van der Waals surface area contributed by atoms with E-state index in [1.807, 2.05) is 0 Å². The molecule has 1 fully saturated rings. The Kier molecular flexibility index (Phi) is 3.61. The molecule has 0 radical (unpaired) electrons. The SMILES string of the molecule is Cn1cc(S(=O)(=O)NCC2(CN)CC2)c(=O)n(C)c1=O. The molecule has 8 nitrogen and oxygen atoms in total. The zero-order valence-corrected chi connectivity index (χ0v) is 12.2. The summed E-state index contributed by atoms with van der Waals surface area (Å²) in [5.41, 5.74) is 4.00. The smallest absolute Gasteiger partial charge is 0.330 e. The van der Waals surface area contributed by atoms with Crippen LogP contribution in [0.5, 0.6) is 0 Å². The normalized spacial score (nSPS) is 17.1. The first-order valence-electron chi connectivity index (χ1n) is 6.19. The van der Waals surface area contributed by atoms with Gasteiger partial charge in [0.05, 0.1) is 0 Å². The lowest BCUT2D eigenvalue weighted by Crippen LogP contribution is -2.42. The first kappa shape index (κ1) is 14.9. The summed E-state index contributed by atoms with van der Waals surface area (Å²) in [6.07, 6.45) is 2.78. The maximum atomic E-state index is 12.2. The molecule has 0 spiro atoms. The molecule has 0 unspecified atom stereocenters. The van der Waals surface area contributed by atoms with Crippen molar-refractivity contribution in [2.45, 2.75) is 17.7 Å². The summed E-state index contributed by atoms with van der Waals surface area (Å²) in [7, 11) is -1.32. The number of hydrogen-bond donors (Lipinski definition) is 2. The molecule has 1 aliphatic carbocycles. The van der Waals surface area contributed by atoms with Gasteiger partial charge in [0.2, 0.25) is 10.0 Å². The van der Waals surface area contributed by atoms with Gasteiger partial charge in [0, 0.05) is 26.8 Å². The Hall–Kier alpha value is -1.45. The highest BCUT2D eigenvalue weighted by molar-refractivity contribution is 7.89. The predicted molar refractivity (Wildman–Crippen MR) is 72.8 cm³/mol. The molecular weight excluding hydrogens is 284 g/mol. The first-order chi connectivity index (χ1) is 9.22. The zero-order chi connectivity index (χ0) is 15.1. The van der Waals surface area contributed by atoms with E-state index in [2.05, 4.69) is 4.72 Å². The quantitative estimate of drug-likeness (QED) is 0.659. The van der Waals surface area contributed by atoms with Crippen LogP contribution in [0.15, 0.2) is 20.7 Å². The Morgan fingerprint density at radius 1 is 1.35 bits per heavy atom. The van der Waals surface area contributed by atoms with Crippen LogP contribution in [-0.4, -0.2) is 30.6 Å². The first-order valence-corrected chi connectivity index (χ1v) is 7.67. The molecule has 1 aromatic rings. The molecule has 9 heteroatoms. The molecule has 1 aromatic heterocycles. The molecule has 0 atom stereocenters. The van der Waals surface area contributed by atoms with E-state index in [0.717, 1.165) is 28.2 Å². The third-order valence-electron chi connectivity index (χ3n) is 3.73. The summed E-state index contributed by atoms with van der Waals surface area (Å²) in [5, 5.41) is 0. The third-order valence-corrected chi connectivity index (χ3v) is 5.12. The number of hydrogen-bond acceptors (Lipinski definition) is 5. The van der Waals surface area contributed by atoms with Crippen molar-refractivity contribution in [2.75, 3.05) is 13.1 Å². The van der Waals surface area contributed by atoms with Crippen molar-refractivity contribution in [1.29, 1.82) is 0 Å². The number of nitrogens with zero attached hydrogens (tertiary/aromatic N) is 2. The number of rotatable bonds is 5. The largest absolute Gasteiger partial charge is 0.330 e. The van der Waals surface area contributed by atoms with Crippen LogP contribution in [0.25, 0.3) is 0 Å². The van der Waals surface area contributed by atoms with Crippen LogP contribution in [0.2, 0.25) is 0 Å². The van der Waals surface area contributed by atoms with Gasteiger partial charge in [-0.3, -0.25) is 9.36 Å². The van der Waals surface area contributed by atoms with Crippen molar-refractivity contribution in [2.24, 2.45) is 25.2 Å². The van der Waals surface area contributed by atoms with E-state index in [-0.39, 0.29) is 12.0 Å². The van der Waals surface area contributed by atoms with Gasteiger partial charge in [-0.15, -0.1) is 0 Å². The number of sulfonamides is 1. The standard InChI is InChI=1S/C11H18N4O4S/c1-14-5-8(9(16)15(2)10(14)17)20(18,19)13-7-11(6-12)3-4-11/h5,13H,3-4,6-7,12H2,1-2H3. The van der Waals surface area contributed by atoms with Gasteiger partial charge in [0.1, 0.15) is 0 Å². The molecule has 0 saturated heterocycles. The van der Waals surface area contributed by atoms with Crippen LogP contribution >= 0.6 is 0 Å². The Labute approximate surface area is 116 Å². The fourth-order valence-electron chi connectivity index (χ4n) is 1.92. The number of aryl methyl sites for hydroxylation is 1. The number of nitrogens with two attached hydrogens (primary N) is 1. The molecule has 1 aliphatic rings. The topological polar surface area (TPSA) is 116 Å². The highest BCUT2D eigenvalue weighted by atomic mass is 32.2. The van der Waals surface area contributed by atoms with Gasteiger partial charge in [0.15, 0.2) is 4.90 Å². The Bertz CT molecular complexity index is 743. The molecule has 1 heterocycles. The van der Waals surface area contributed by atoms with Crippen LogP contribution in [0.4, 0.5) is 0 Å². The summed E-state index contributed by atoms with van der Waals surface area (Å²) < 4.78 is 28.6. The average molecular weight is 302 g/mol. The Balaban J connectivity index is 2.35. The minimum absolute atomic E-state index is 0.182. The van der Waals surface area contributed by atoms with E-state index in [0.29, 0.717) is 6.54 Å². The van der Waals surface area contributed by atoms with Crippen molar-refractivity contribution < 1.29 is 8.42 Å². The van der Waals surface area contributed by atoms with E-state index in [4.69, 9.17) is 5.73 Å². The molecular formula is C11H18N4O4S. The second-order valence-electron chi connectivity index (χ2n) is 5.28. The van der Waals surface area contributed by atoms with E-state index in [1.165, 1.54) is 14.1 Å². The van der Waals surface area contributed by atoms with Crippen LogP contribution in [0.3, 0.4) is 0 Å². The molecule has 20 heavy (non-hydrogen) atoms. The minimum Gasteiger partial charge on any atom is -0.330 e. The summed E-state index contributed by atoms with van der Waals surface area (Å²) in [6.45, 7) is 0.610. The minimum atomic E-state index is -3.95. The molecule has 1 saturated carbocycles. The lowest BCUT2D eigenvalue weighted by molar-refractivity contribution is 0.499. The summed E-state index contributed by atoms with van der Waals surface area (Å²) in [4.78, 5) is 23.0. The Morgan fingerprint density at radius 2 is 1.95 bits per heavy atom. The molecule has 2 rings (SSSR count). The van der Waals surface area contributed by atoms with Gasteiger partial charge < -0.3 is 10.3 Å². The molecule has 112 valence electrons. The van der Waals surface area contributed by atoms with E-state index < -0.39 is 26.2 Å². The van der Waals surface area contributed by atoms with Gasteiger partial charge in [-0.25, -0.2) is 17.9 Å². The third kappa shape index (κ3) is 2.56. The maximum Gasteiger partial charge on any atom is 0.330 e. The lowest BCUT2D eigenvalue weighted by atomic mass is 10.1. The second kappa shape index (κ2) is 4.83. The van der Waals surface area contributed by atoms with Gasteiger partial charge in [0.25, 0.3) is 5.56 Å². The van der Waals surface area contributed by atoms with Crippen molar-refractivity contribution >= 4 is 10.0 Å². The maximum absolute atomic E-state index is 12.2. The average Bonchev–Trinajstić information content (AvgIpc) is 3.19. The number of nitrogens with one attached hydrogen (secondary N) is 1. The predicted octanol–water partition coefficient (Wildman–Crippen LogP) is -1.90. The van der Waals surface area contributed by atoms with E-state index >= 15 is 0 Å². The second-order valence-corrected chi connectivity index (χ2v) is 7.02. The lowest BCUT2D eigenvalue weighted by Gasteiger charge is -2.14. The van der Waals surface area contributed by atoms with Gasteiger partial charge in [-0.05, 0) is 24.8 Å².